The molecular weight excluding hydrogens is 503 g/mol. The topological polar surface area (TPSA) is 59.6 Å². The van der Waals surface area contributed by atoms with Crippen LogP contribution in [0, 0.1) is 6.92 Å². The number of nitrogens with one attached hydrogen (secondary N) is 2. The Morgan fingerprint density at radius 2 is 1.71 bits per heavy atom. The molecule has 0 aliphatic rings. The Balaban J connectivity index is 1.63. The number of ether oxygens (including phenoxy) is 2. The van der Waals surface area contributed by atoms with E-state index in [4.69, 9.17) is 32.7 Å². The van der Waals surface area contributed by atoms with E-state index in [9.17, 15) is 4.79 Å². The van der Waals surface area contributed by atoms with E-state index in [1.807, 2.05) is 49.4 Å². The van der Waals surface area contributed by atoms with Crippen molar-refractivity contribution >= 4 is 56.4 Å². The van der Waals surface area contributed by atoms with Gasteiger partial charge in [0.25, 0.3) is 5.91 Å². The summed E-state index contributed by atoms with van der Waals surface area (Å²) in [4.78, 5) is 12.2. The summed E-state index contributed by atoms with van der Waals surface area (Å²) in [5.41, 5.74) is 3.63. The molecule has 0 aromatic heterocycles. The van der Waals surface area contributed by atoms with Crippen molar-refractivity contribution in [3.8, 4) is 11.5 Å². The van der Waals surface area contributed by atoms with Gasteiger partial charge in [0, 0.05) is 17.9 Å². The standard InChI is InChI=1S/C23H21BrCl2N2O3/c1-14-3-5-16(6-4-14)28-22(29)13-31-23-18(24)9-15(10-21(23)30-2)12-27-17-7-8-19(25)20(26)11-17/h3-11,27H,12-13H2,1-2H3,(H,28,29). The minimum Gasteiger partial charge on any atom is -0.493 e. The van der Waals surface area contributed by atoms with Crippen LogP contribution in [0.3, 0.4) is 0 Å². The molecule has 0 aliphatic heterocycles. The molecular formula is C23H21BrCl2N2O3. The zero-order valence-electron chi connectivity index (χ0n) is 17.0. The normalized spacial score (nSPS) is 10.5. The molecule has 1 amide bonds. The fourth-order valence-electron chi connectivity index (χ4n) is 2.80. The monoisotopic (exact) mass is 522 g/mol. The maximum absolute atomic E-state index is 12.2. The van der Waals surface area contributed by atoms with Gasteiger partial charge in [-0.15, -0.1) is 0 Å². The number of amides is 1. The smallest absolute Gasteiger partial charge is 0.262 e. The summed E-state index contributed by atoms with van der Waals surface area (Å²) in [6.07, 6.45) is 0. The average Bonchev–Trinajstić information content (AvgIpc) is 2.75. The summed E-state index contributed by atoms with van der Waals surface area (Å²) in [5.74, 6) is 0.714. The predicted octanol–water partition coefficient (Wildman–Crippen LogP) is 6.70. The fraction of sp³-hybridized carbons (Fsp3) is 0.174. The van der Waals surface area contributed by atoms with E-state index in [0.29, 0.717) is 38.2 Å². The zero-order chi connectivity index (χ0) is 22.4. The molecule has 31 heavy (non-hydrogen) atoms. The molecule has 0 unspecified atom stereocenters. The number of anilines is 2. The van der Waals surface area contributed by atoms with Crippen LogP contribution in [0.25, 0.3) is 0 Å². The SMILES string of the molecule is COc1cc(CNc2ccc(Cl)c(Cl)c2)cc(Br)c1OCC(=O)Nc1ccc(C)cc1. The van der Waals surface area contributed by atoms with Crippen LogP contribution in [-0.2, 0) is 11.3 Å². The number of hydrogen-bond acceptors (Lipinski definition) is 4. The lowest BCUT2D eigenvalue weighted by Crippen LogP contribution is -2.20. The molecule has 8 heteroatoms. The maximum Gasteiger partial charge on any atom is 0.262 e. The molecule has 3 aromatic carbocycles. The van der Waals surface area contributed by atoms with Gasteiger partial charge in [0.2, 0.25) is 0 Å². The predicted molar refractivity (Wildman–Crippen MR) is 130 cm³/mol. The van der Waals surface area contributed by atoms with Crippen LogP contribution >= 0.6 is 39.1 Å². The van der Waals surface area contributed by atoms with Gasteiger partial charge < -0.3 is 20.1 Å². The van der Waals surface area contributed by atoms with E-state index in [0.717, 1.165) is 16.8 Å². The molecule has 5 nitrogen and oxygen atoms in total. The number of carbonyl (C=O) groups is 1. The maximum atomic E-state index is 12.2. The Morgan fingerprint density at radius 3 is 2.39 bits per heavy atom. The molecule has 2 N–H and O–H groups in total. The largest absolute Gasteiger partial charge is 0.493 e. The second-order valence-electron chi connectivity index (χ2n) is 6.79. The minimum atomic E-state index is -0.261. The number of aryl methyl sites for hydroxylation is 1. The van der Waals surface area contributed by atoms with Gasteiger partial charge in [-0.25, -0.2) is 0 Å². The molecule has 0 spiro atoms. The second-order valence-corrected chi connectivity index (χ2v) is 8.46. The van der Waals surface area contributed by atoms with Gasteiger partial charge in [0.05, 0.1) is 21.6 Å². The van der Waals surface area contributed by atoms with Crippen LogP contribution in [0.15, 0.2) is 59.1 Å². The molecule has 0 radical (unpaired) electrons. The van der Waals surface area contributed by atoms with Crippen molar-refractivity contribution < 1.29 is 14.3 Å². The van der Waals surface area contributed by atoms with Crippen molar-refractivity contribution in [2.45, 2.75) is 13.5 Å². The molecule has 0 fully saturated rings. The lowest BCUT2D eigenvalue weighted by Gasteiger charge is -2.15. The second kappa shape index (κ2) is 10.8. The summed E-state index contributed by atoms with van der Waals surface area (Å²) in [5, 5.41) is 7.08. The van der Waals surface area contributed by atoms with Crippen molar-refractivity contribution in [3.05, 3.63) is 80.2 Å². The lowest BCUT2D eigenvalue weighted by molar-refractivity contribution is -0.118. The highest BCUT2D eigenvalue weighted by Gasteiger charge is 2.14. The minimum absolute atomic E-state index is 0.149. The van der Waals surface area contributed by atoms with Crippen LogP contribution in [0.2, 0.25) is 10.0 Å². The highest BCUT2D eigenvalue weighted by atomic mass is 79.9. The summed E-state index contributed by atoms with van der Waals surface area (Å²) < 4.78 is 11.9. The van der Waals surface area contributed by atoms with E-state index < -0.39 is 0 Å². The molecule has 3 aromatic rings. The van der Waals surface area contributed by atoms with E-state index >= 15 is 0 Å². The van der Waals surface area contributed by atoms with E-state index in [1.165, 1.54) is 0 Å². The quantitative estimate of drug-likeness (QED) is 0.344. The van der Waals surface area contributed by atoms with Crippen LogP contribution in [0.5, 0.6) is 11.5 Å². The van der Waals surface area contributed by atoms with Crippen molar-refractivity contribution in [3.63, 3.8) is 0 Å². The Morgan fingerprint density at radius 1 is 1.00 bits per heavy atom. The van der Waals surface area contributed by atoms with Gasteiger partial charge in [-0.2, -0.15) is 0 Å². The first kappa shape index (κ1) is 23.3. The first-order chi connectivity index (χ1) is 14.9. The summed E-state index contributed by atoms with van der Waals surface area (Å²) in [6.45, 7) is 2.37. The molecule has 0 saturated heterocycles. The van der Waals surface area contributed by atoms with E-state index in [-0.39, 0.29) is 12.5 Å². The summed E-state index contributed by atoms with van der Waals surface area (Å²) in [6, 6.07) is 16.7. The van der Waals surface area contributed by atoms with Crippen LogP contribution in [-0.4, -0.2) is 19.6 Å². The number of benzene rings is 3. The highest BCUT2D eigenvalue weighted by molar-refractivity contribution is 9.10. The van der Waals surface area contributed by atoms with Gasteiger partial charge in [-0.1, -0.05) is 40.9 Å². The van der Waals surface area contributed by atoms with E-state index in [1.54, 1.807) is 19.2 Å². The van der Waals surface area contributed by atoms with Crippen molar-refractivity contribution in [2.24, 2.45) is 0 Å². The first-order valence-corrected chi connectivity index (χ1v) is 10.9. The average molecular weight is 524 g/mol. The number of rotatable bonds is 8. The van der Waals surface area contributed by atoms with Crippen molar-refractivity contribution in [1.29, 1.82) is 0 Å². The third kappa shape index (κ3) is 6.53. The number of hydrogen-bond donors (Lipinski definition) is 2. The summed E-state index contributed by atoms with van der Waals surface area (Å²) >= 11 is 15.5. The Hall–Kier alpha value is -2.41. The third-order valence-corrected chi connectivity index (χ3v) is 5.72. The number of carbonyl (C=O) groups excluding carboxylic acids is 1. The first-order valence-electron chi connectivity index (χ1n) is 9.40. The molecule has 0 atom stereocenters. The molecule has 3 rings (SSSR count). The van der Waals surface area contributed by atoms with E-state index in [2.05, 4.69) is 26.6 Å². The van der Waals surface area contributed by atoms with Crippen LogP contribution < -0.4 is 20.1 Å². The molecule has 0 bridgehead atoms. The Bertz CT molecular complexity index is 1080. The van der Waals surface area contributed by atoms with Gasteiger partial charge >= 0.3 is 0 Å². The van der Waals surface area contributed by atoms with Gasteiger partial charge in [-0.05, 0) is 70.9 Å². The summed E-state index contributed by atoms with van der Waals surface area (Å²) in [7, 11) is 1.55. The lowest BCUT2D eigenvalue weighted by atomic mass is 10.2. The van der Waals surface area contributed by atoms with Gasteiger partial charge in [-0.3, -0.25) is 4.79 Å². The Kier molecular flexibility index (Phi) is 8.07. The highest BCUT2D eigenvalue weighted by Crippen LogP contribution is 2.37. The van der Waals surface area contributed by atoms with Crippen molar-refractivity contribution in [1.82, 2.24) is 0 Å². The molecule has 0 aliphatic carbocycles. The third-order valence-electron chi connectivity index (χ3n) is 4.39. The van der Waals surface area contributed by atoms with Crippen molar-refractivity contribution in [2.75, 3.05) is 24.4 Å². The molecule has 162 valence electrons. The van der Waals surface area contributed by atoms with Crippen LogP contribution in [0.1, 0.15) is 11.1 Å². The van der Waals surface area contributed by atoms with Gasteiger partial charge in [0.15, 0.2) is 18.1 Å². The van der Waals surface area contributed by atoms with Crippen LogP contribution in [0.4, 0.5) is 11.4 Å². The fourth-order valence-corrected chi connectivity index (χ4v) is 3.70. The van der Waals surface area contributed by atoms with Gasteiger partial charge in [0.1, 0.15) is 0 Å². The Labute approximate surface area is 199 Å². The molecule has 0 saturated carbocycles. The number of halogens is 3. The molecule has 0 heterocycles. The zero-order valence-corrected chi connectivity index (χ0v) is 20.1. The number of methoxy groups -OCH3 is 1.